The van der Waals surface area contributed by atoms with Crippen LogP contribution in [0.5, 0.6) is 0 Å². The summed E-state index contributed by atoms with van der Waals surface area (Å²) in [4.78, 5) is 0. The molecule has 2 heterocycles. The van der Waals surface area contributed by atoms with Crippen LogP contribution in [0, 0.1) is 56.2 Å². The Bertz CT molecular complexity index is 913. The van der Waals surface area contributed by atoms with Crippen molar-refractivity contribution in [2.45, 2.75) is 37.6 Å². The normalized spacial score (nSPS) is 36.8. The average Bonchev–Trinajstić information content (AvgIpc) is 2.87. The van der Waals surface area contributed by atoms with Gasteiger partial charge in [-0.2, -0.15) is 15.8 Å². The van der Waals surface area contributed by atoms with E-state index >= 15 is 0 Å². The third-order valence-corrected chi connectivity index (χ3v) is 6.35. The molecule has 1 aliphatic carbocycles. The maximum absolute atomic E-state index is 10.1. The highest BCUT2D eigenvalue weighted by Gasteiger charge is 2.80. The molecule has 3 aliphatic rings. The highest BCUT2D eigenvalue weighted by Crippen LogP contribution is 2.69. The zero-order valence-electron chi connectivity index (χ0n) is 13.8. The van der Waals surface area contributed by atoms with Gasteiger partial charge in [-0.25, -0.2) is 0 Å². The number of ether oxygens (including phenoxy) is 2. The van der Waals surface area contributed by atoms with Crippen LogP contribution in [0.2, 0.25) is 5.02 Å². The van der Waals surface area contributed by atoms with E-state index < -0.39 is 28.6 Å². The summed E-state index contributed by atoms with van der Waals surface area (Å²) >= 11 is 6.34. The van der Waals surface area contributed by atoms with Crippen LogP contribution >= 0.6 is 11.6 Å². The minimum absolute atomic E-state index is 0.343. The van der Waals surface area contributed by atoms with Crippen LogP contribution in [-0.4, -0.2) is 11.7 Å². The van der Waals surface area contributed by atoms with Gasteiger partial charge in [0.25, 0.3) is 0 Å². The van der Waals surface area contributed by atoms with E-state index in [1.54, 1.807) is 24.3 Å². The lowest BCUT2D eigenvalue weighted by Gasteiger charge is -2.51. The van der Waals surface area contributed by atoms with E-state index in [1.807, 2.05) is 12.1 Å². The second kappa shape index (κ2) is 5.45. The van der Waals surface area contributed by atoms with Gasteiger partial charge in [0.05, 0.1) is 24.1 Å². The summed E-state index contributed by atoms with van der Waals surface area (Å²) in [5.41, 5.74) is -3.15. The minimum atomic E-state index is -1.92. The smallest absolute Gasteiger partial charge is 0.217 e. The third-order valence-electron chi connectivity index (χ3n) is 6.00. The van der Waals surface area contributed by atoms with Crippen LogP contribution in [-0.2, 0) is 9.47 Å². The van der Waals surface area contributed by atoms with Gasteiger partial charge < -0.3 is 9.47 Å². The van der Waals surface area contributed by atoms with Crippen molar-refractivity contribution in [3.05, 3.63) is 34.9 Å². The molecule has 1 aromatic rings. The third kappa shape index (κ3) is 1.70. The fraction of sp³-hybridized carbons (Fsp3) is 0.474. The van der Waals surface area contributed by atoms with Gasteiger partial charge in [-0.1, -0.05) is 36.2 Å². The summed E-state index contributed by atoms with van der Waals surface area (Å²) in [6.45, 7) is 0. The molecule has 3 fully saturated rings. The number of hydrogen-bond acceptors (Lipinski definition) is 6. The molecule has 4 unspecified atom stereocenters. The number of nitrogens with zero attached hydrogens (tertiary/aromatic N) is 3. The van der Waals surface area contributed by atoms with E-state index in [0.29, 0.717) is 23.4 Å². The Kier molecular flexibility index (Phi) is 3.53. The van der Waals surface area contributed by atoms with Crippen LogP contribution < -0.4 is 0 Å². The summed E-state index contributed by atoms with van der Waals surface area (Å²) < 4.78 is 12.1. The van der Waals surface area contributed by atoms with Crippen LogP contribution in [0.15, 0.2) is 24.3 Å². The molecule has 1 saturated carbocycles. The molecule has 130 valence electrons. The molecule has 1 aromatic carbocycles. The zero-order valence-corrected chi connectivity index (χ0v) is 14.6. The maximum Gasteiger partial charge on any atom is 0.217 e. The van der Waals surface area contributed by atoms with E-state index in [1.165, 1.54) is 0 Å². The second-order valence-corrected chi connectivity index (χ2v) is 7.42. The van der Waals surface area contributed by atoms with Crippen molar-refractivity contribution in [1.29, 1.82) is 21.2 Å². The number of nitrogens with one attached hydrogen (secondary N) is 1. The van der Waals surface area contributed by atoms with Crippen LogP contribution in [0.1, 0.15) is 37.4 Å². The molecule has 4 atom stereocenters. The van der Waals surface area contributed by atoms with Gasteiger partial charge in [0.2, 0.25) is 17.1 Å². The zero-order chi connectivity index (χ0) is 18.6. The summed E-state index contributed by atoms with van der Waals surface area (Å²) in [6, 6.07) is 13.0. The fourth-order valence-electron chi connectivity index (χ4n) is 4.83. The van der Waals surface area contributed by atoms with Gasteiger partial charge in [-0.15, -0.1) is 0 Å². The number of nitriles is 3. The molecule has 6 nitrogen and oxygen atoms in total. The van der Waals surface area contributed by atoms with Crippen molar-refractivity contribution in [1.82, 2.24) is 0 Å². The molecule has 4 rings (SSSR count). The summed E-state index contributed by atoms with van der Waals surface area (Å²) in [5.74, 6) is -2.03. The number of benzene rings is 1. The monoisotopic (exact) mass is 366 g/mol. The first-order valence-electron chi connectivity index (χ1n) is 8.45. The summed E-state index contributed by atoms with van der Waals surface area (Å²) in [7, 11) is 0. The summed E-state index contributed by atoms with van der Waals surface area (Å²) in [5, 5.41) is 39.1. The Labute approximate surface area is 156 Å². The Morgan fingerprint density at radius 3 is 2.50 bits per heavy atom. The Morgan fingerprint density at radius 1 is 1.12 bits per heavy atom. The van der Waals surface area contributed by atoms with E-state index in [4.69, 9.17) is 26.5 Å². The molecule has 2 bridgehead atoms. The second-order valence-electron chi connectivity index (χ2n) is 7.01. The number of hydrogen-bond donors (Lipinski definition) is 1. The van der Waals surface area contributed by atoms with Crippen molar-refractivity contribution in [2.75, 3.05) is 0 Å². The van der Waals surface area contributed by atoms with Gasteiger partial charge in [-0.05, 0) is 18.9 Å². The first-order valence-corrected chi connectivity index (χ1v) is 8.83. The summed E-state index contributed by atoms with van der Waals surface area (Å²) in [6.07, 6.45) is 1.66. The minimum Gasteiger partial charge on any atom is -0.447 e. The van der Waals surface area contributed by atoms with Gasteiger partial charge >= 0.3 is 0 Å². The van der Waals surface area contributed by atoms with E-state index in [0.717, 1.165) is 12.8 Å². The topological polar surface area (TPSA) is 114 Å². The largest absolute Gasteiger partial charge is 0.447 e. The Balaban J connectivity index is 2.03. The quantitative estimate of drug-likeness (QED) is 0.810. The van der Waals surface area contributed by atoms with Crippen molar-refractivity contribution in [3.8, 4) is 18.2 Å². The lowest BCUT2D eigenvalue weighted by atomic mass is 9.51. The van der Waals surface area contributed by atoms with Crippen molar-refractivity contribution < 1.29 is 9.47 Å². The molecule has 2 aliphatic heterocycles. The van der Waals surface area contributed by atoms with Crippen LogP contribution in [0.3, 0.4) is 0 Å². The molecule has 1 N–H and O–H groups in total. The SMILES string of the molecule is N#CC1(C#N)C(c2ccccc2Cl)OC23CCCCC2C1(C#N)C(=N)O3. The van der Waals surface area contributed by atoms with Gasteiger partial charge in [0.1, 0.15) is 6.10 Å². The van der Waals surface area contributed by atoms with Crippen LogP contribution in [0.25, 0.3) is 0 Å². The molecule has 2 saturated heterocycles. The molecule has 0 spiro atoms. The lowest BCUT2D eigenvalue weighted by Crippen LogP contribution is -2.60. The average molecular weight is 367 g/mol. The van der Waals surface area contributed by atoms with E-state index in [2.05, 4.69) is 6.07 Å². The Morgan fingerprint density at radius 2 is 1.85 bits per heavy atom. The standard InChI is InChI=1S/C19H15ClN4O2/c20-13-6-2-1-5-12(13)15-17(9-21,10-22)18(11-23)14-7-3-4-8-19(14,25-15)26-16(18)24/h1-2,5-6,14-15,24H,3-4,7-8H2. The van der Waals surface area contributed by atoms with Crippen molar-refractivity contribution in [3.63, 3.8) is 0 Å². The number of rotatable bonds is 1. The van der Waals surface area contributed by atoms with Gasteiger partial charge in [0, 0.05) is 17.0 Å². The fourth-order valence-corrected chi connectivity index (χ4v) is 5.06. The van der Waals surface area contributed by atoms with E-state index in [-0.39, 0.29) is 5.90 Å². The van der Waals surface area contributed by atoms with Gasteiger partial charge in [-0.3, -0.25) is 5.41 Å². The lowest BCUT2D eigenvalue weighted by molar-refractivity contribution is -0.294. The van der Waals surface area contributed by atoms with E-state index in [9.17, 15) is 15.8 Å². The molecule has 26 heavy (non-hydrogen) atoms. The van der Waals surface area contributed by atoms with Crippen molar-refractivity contribution >= 4 is 17.5 Å². The predicted octanol–water partition coefficient (Wildman–Crippen LogP) is 3.85. The molecule has 0 amide bonds. The molecular weight excluding hydrogens is 352 g/mol. The molecular formula is C19H15ClN4O2. The van der Waals surface area contributed by atoms with Crippen molar-refractivity contribution in [2.24, 2.45) is 16.7 Å². The molecule has 0 radical (unpaired) electrons. The number of halogens is 1. The first kappa shape index (κ1) is 16.9. The predicted molar refractivity (Wildman–Crippen MR) is 90.5 cm³/mol. The molecule has 0 aromatic heterocycles. The highest BCUT2D eigenvalue weighted by atomic mass is 35.5. The van der Waals surface area contributed by atoms with Crippen LogP contribution in [0.4, 0.5) is 0 Å². The van der Waals surface area contributed by atoms with Gasteiger partial charge in [0.15, 0.2) is 5.41 Å². The Hall–Kier alpha value is -2.59. The highest BCUT2D eigenvalue weighted by molar-refractivity contribution is 6.31. The maximum atomic E-state index is 10.1. The first-order chi connectivity index (χ1) is 12.5. The molecule has 7 heteroatoms.